The second-order valence-corrected chi connectivity index (χ2v) is 7.22. The number of hydrogen-bond acceptors (Lipinski definition) is 3. The van der Waals surface area contributed by atoms with Gasteiger partial charge in [-0.3, -0.25) is 9.69 Å². The molecular formula is C17H19ClN4O2. The molecule has 1 spiro atoms. The Balaban J connectivity index is 1.61. The number of urea groups is 1. The molecule has 2 aromatic rings. The van der Waals surface area contributed by atoms with Gasteiger partial charge in [-0.1, -0.05) is 31.4 Å². The molecule has 0 radical (unpaired) electrons. The van der Waals surface area contributed by atoms with Gasteiger partial charge in [0.25, 0.3) is 5.91 Å². The smallest absolute Gasteiger partial charge is 0.323 e. The van der Waals surface area contributed by atoms with Gasteiger partial charge in [0.2, 0.25) is 0 Å². The van der Waals surface area contributed by atoms with Crippen LogP contribution in [0.1, 0.15) is 38.3 Å². The van der Waals surface area contributed by atoms with Crippen molar-refractivity contribution in [3.8, 4) is 0 Å². The van der Waals surface area contributed by atoms with Crippen molar-refractivity contribution in [2.45, 2.75) is 44.7 Å². The molecule has 4 rings (SSSR count). The highest BCUT2D eigenvalue weighted by molar-refractivity contribution is 6.30. The van der Waals surface area contributed by atoms with Crippen molar-refractivity contribution in [1.82, 2.24) is 19.6 Å². The van der Waals surface area contributed by atoms with Crippen molar-refractivity contribution < 1.29 is 9.59 Å². The summed E-state index contributed by atoms with van der Waals surface area (Å²) in [4.78, 5) is 31.1. The quantitative estimate of drug-likeness (QED) is 0.850. The molecule has 0 bridgehead atoms. The number of aromatic nitrogens is 2. The van der Waals surface area contributed by atoms with Crippen LogP contribution in [-0.2, 0) is 11.3 Å². The molecule has 2 fully saturated rings. The first-order valence-electron chi connectivity index (χ1n) is 8.27. The lowest BCUT2D eigenvalue weighted by atomic mass is 9.73. The molecule has 2 aromatic heterocycles. The van der Waals surface area contributed by atoms with E-state index in [0.717, 1.165) is 31.3 Å². The van der Waals surface area contributed by atoms with Gasteiger partial charge in [0, 0.05) is 12.4 Å². The molecule has 0 aromatic carbocycles. The number of nitrogens with one attached hydrogen (secondary N) is 1. The Morgan fingerprint density at radius 1 is 1.33 bits per heavy atom. The molecule has 1 saturated carbocycles. The van der Waals surface area contributed by atoms with Gasteiger partial charge in [-0.2, -0.15) is 0 Å². The molecule has 3 amide bonds. The maximum absolute atomic E-state index is 13.0. The monoisotopic (exact) mass is 346 g/mol. The molecule has 0 unspecified atom stereocenters. The Morgan fingerprint density at radius 2 is 2.17 bits per heavy atom. The number of nitrogens with zero attached hydrogens (tertiary/aromatic N) is 3. The van der Waals surface area contributed by atoms with Gasteiger partial charge in [0.15, 0.2) is 0 Å². The zero-order valence-corrected chi connectivity index (χ0v) is 14.2. The molecule has 2 atom stereocenters. The Labute approximate surface area is 144 Å². The number of pyridine rings is 1. The Morgan fingerprint density at radius 3 is 2.96 bits per heavy atom. The molecule has 6 nitrogen and oxygen atoms in total. The van der Waals surface area contributed by atoms with Gasteiger partial charge in [0.05, 0.1) is 17.3 Å². The zero-order chi connectivity index (χ0) is 16.9. The summed E-state index contributed by atoms with van der Waals surface area (Å²) in [5.41, 5.74) is 0.682. The standard InChI is InChI=1S/C17H19ClN4O2/c1-11-4-2-3-7-17(11)15(23)22(16(24)20-17)10-13-9-21-8-12(18)5-6-14(21)19-13/h5-6,8-9,11H,2-4,7,10H2,1H3,(H,20,24)/t11-,17-/m0/s1. The number of rotatable bonds is 2. The number of halogens is 1. The SMILES string of the molecule is C[C@H]1CCCC[C@]12NC(=O)N(Cc1cn3cc(Cl)ccc3n1)C2=O. The number of hydrogen-bond donors (Lipinski definition) is 1. The lowest BCUT2D eigenvalue weighted by Crippen LogP contribution is -2.53. The number of carbonyl (C=O) groups is 2. The van der Waals surface area contributed by atoms with Crippen molar-refractivity contribution in [2.24, 2.45) is 5.92 Å². The van der Waals surface area contributed by atoms with Crippen LogP contribution < -0.4 is 5.32 Å². The topological polar surface area (TPSA) is 66.7 Å². The summed E-state index contributed by atoms with van der Waals surface area (Å²) in [5.74, 6) is 0.0439. The van der Waals surface area contributed by atoms with Gasteiger partial charge in [-0.15, -0.1) is 0 Å². The third-order valence-corrected chi connectivity index (χ3v) is 5.51. The van der Waals surface area contributed by atoms with Crippen molar-refractivity contribution in [3.05, 3.63) is 35.2 Å². The van der Waals surface area contributed by atoms with Crippen molar-refractivity contribution in [3.63, 3.8) is 0 Å². The van der Waals surface area contributed by atoms with Crippen molar-refractivity contribution >= 4 is 29.2 Å². The molecule has 24 heavy (non-hydrogen) atoms. The Bertz CT molecular complexity index is 833. The third kappa shape index (κ3) is 2.28. The highest BCUT2D eigenvalue weighted by atomic mass is 35.5. The second-order valence-electron chi connectivity index (χ2n) is 6.78. The minimum atomic E-state index is -0.724. The van der Waals surface area contributed by atoms with Crippen LogP contribution in [0.15, 0.2) is 24.5 Å². The van der Waals surface area contributed by atoms with Gasteiger partial charge in [-0.25, -0.2) is 9.78 Å². The fraction of sp³-hybridized carbons (Fsp3) is 0.471. The highest BCUT2D eigenvalue weighted by Gasteiger charge is 2.54. The van der Waals surface area contributed by atoms with Gasteiger partial charge in [0.1, 0.15) is 11.2 Å². The van der Waals surface area contributed by atoms with Gasteiger partial charge in [-0.05, 0) is 30.9 Å². The zero-order valence-electron chi connectivity index (χ0n) is 13.5. The first-order valence-corrected chi connectivity index (χ1v) is 8.65. The lowest BCUT2D eigenvalue weighted by molar-refractivity contribution is -0.134. The van der Waals surface area contributed by atoms with E-state index < -0.39 is 5.54 Å². The maximum atomic E-state index is 13.0. The molecule has 1 aliphatic heterocycles. The summed E-state index contributed by atoms with van der Waals surface area (Å²) in [6.07, 6.45) is 7.32. The predicted molar refractivity (Wildman–Crippen MR) is 89.6 cm³/mol. The molecular weight excluding hydrogens is 328 g/mol. The fourth-order valence-corrected chi connectivity index (χ4v) is 4.06. The predicted octanol–water partition coefficient (Wildman–Crippen LogP) is 2.99. The minimum absolute atomic E-state index is 0.116. The van der Waals surface area contributed by atoms with E-state index in [-0.39, 0.29) is 24.4 Å². The van der Waals surface area contributed by atoms with E-state index in [1.807, 2.05) is 13.0 Å². The Hall–Kier alpha value is -2.08. The number of carbonyl (C=O) groups excluding carboxylic acids is 2. The molecule has 126 valence electrons. The number of fused-ring (bicyclic) bond motifs is 1. The molecule has 2 aliphatic rings. The largest absolute Gasteiger partial charge is 0.325 e. The third-order valence-electron chi connectivity index (χ3n) is 5.29. The maximum Gasteiger partial charge on any atom is 0.325 e. The first kappa shape index (κ1) is 15.4. The first-order chi connectivity index (χ1) is 11.5. The van der Waals surface area contributed by atoms with Crippen LogP contribution in [0, 0.1) is 5.92 Å². The minimum Gasteiger partial charge on any atom is -0.323 e. The van der Waals surface area contributed by atoms with Crippen LogP contribution in [0.2, 0.25) is 5.02 Å². The summed E-state index contributed by atoms with van der Waals surface area (Å²) in [6.45, 7) is 2.23. The van der Waals surface area contributed by atoms with E-state index in [9.17, 15) is 9.59 Å². The second kappa shape index (κ2) is 5.48. The van der Waals surface area contributed by atoms with Crippen molar-refractivity contribution in [1.29, 1.82) is 0 Å². The summed E-state index contributed by atoms with van der Waals surface area (Å²) < 4.78 is 1.80. The van der Waals surface area contributed by atoms with Crippen molar-refractivity contribution in [2.75, 3.05) is 0 Å². The van der Waals surface area contributed by atoms with Crippen LogP contribution in [-0.4, -0.2) is 31.8 Å². The average molecular weight is 347 g/mol. The molecule has 1 aliphatic carbocycles. The summed E-state index contributed by atoms with van der Waals surface area (Å²) in [7, 11) is 0. The van der Waals surface area contributed by atoms with E-state index in [1.165, 1.54) is 4.90 Å². The number of imide groups is 1. The van der Waals surface area contributed by atoms with Gasteiger partial charge < -0.3 is 9.72 Å². The van der Waals surface area contributed by atoms with E-state index in [2.05, 4.69) is 10.3 Å². The summed E-state index contributed by atoms with van der Waals surface area (Å²) in [6, 6.07) is 3.26. The summed E-state index contributed by atoms with van der Waals surface area (Å²) in [5, 5.41) is 3.57. The molecule has 7 heteroatoms. The fourth-order valence-electron chi connectivity index (χ4n) is 3.89. The Kier molecular flexibility index (Phi) is 3.53. The van der Waals surface area contributed by atoms with Crippen LogP contribution in [0.25, 0.3) is 5.65 Å². The average Bonchev–Trinajstić information content (AvgIpc) is 3.04. The molecule has 1 N–H and O–H groups in total. The normalized spacial score (nSPS) is 27.2. The van der Waals surface area contributed by atoms with E-state index in [0.29, 0.717) is 10.7 Å². The lowest BCUT2D eigenvalue weighted by Gasteiger charge is -2.36. The van der Waals surface area contributed by atoms with Crippen LogP contribution in [0.3, 0.4) is 0 Å². The van der Waals surface area contributed by atoms with Gasteiger partial charge >= 0.3 is 6.03 Å². The molecule has 1 saturated heterocycles. The number of imidazole rings is 1. The molecule has 3 heterocycles. The highest BCUT2D eigenvalue weighted by Crippen LogP contribution is 2.38. The van der Waals surface area contributed by atoms with E-state index in [4.69, 9.17) is 11.6 Å². The van der Waals surface area contributed by atoms with Crippen LogP contribution >= 0.6 is 11.6 Å². The number of amides is 3. The van der Waals surface area contributed by atoms with Crippen LogP contribution in [0.4, 0.5) is 4.79 Å². The van der Waals surface area contributed by atoms with Crippen LogP contribution in [0.5, 0.6) is 0 Å². The van der Waals surface area contributed by atoms with E-state index >= 15 is 0 Å². The van der Waals surface area contributed by atoms with E-state index in [1.54, 1.807) is 22.9 Å². The summed E-state index contributed by atoms with van der Waals surface area (Å²) >= 11 is 5.98.